The molecule has 0 saturated carbocycles. The van der Waals surface area contributed by atoms with Crippen molar-refractivity contribution in [2.45, 2.75) is 45.4 Å². The number of rotatable bonds is 5. The number of sulfonamides is 1. The molecule has 0 bridgehead atoms. The highest BCUT2D eigenvalue weighted by Gasteiger charge is 2.31. The molecule has 24 heavy (non-hydrogen) atoms. The maximum Gasteiger partial charge on any atom is 0.246 e. The maximum atomic E-state index is 12.9. The van der Waals surface area contributed by atoms with Crippen LogP contribution in [-0.2, 0) is 14.8 Å². The molecule has 1 aliphatic heterocycles. The van der Waals surface area contributed by atoms with Gasteiger partial charge in [-0.1, -0.05) is 20.8 Å². The maximum absolute atomic E-state index is 12.9. The number of hydrogen-bond donors (Lipinski definition) is 1. The Morgan fingerprint density at radius 1 is 1.25 bits per heavy atom. The average Bonchev–Trinajstić information content (AvgIpc) is 3.03. The first kappa shape index (κ1) is 18.7. The van der Waals surface area contributed by atoms with E-state index in [-0.39, 0.29) is 10.8 Å². The van der Waals surface area contributed by atoms with Gasteiger partial charge in [0, 0.05) is 24.2 Å². The lowest BCUT2D eigenvalue weighted by Gasteiger charge is -2.21. The second-order valence-corrected chi connectivity index (χ2v) is 8.82. The van der Waals surface area contributed by atoms with E-state index in [1.807, 2.05) is 6.92 Å². The molecular formula is C17H26N2O4S. The van der Waals surface area contributed by atoms with Gasteiger partial charge < -0.3 is 10.1 Å². The van der Waals surface area contributed by atoms with Gasteiger partial charge in [-0.2, -0.15) is 4.31 Å². The predicted molar refractivity (Wildman–Crippen MR) is 93.7 cm³/mol. The van der Waals surface area contributed by atoms with Gasteiger partial charge in [-0.15, -0.1) is 0 Å². The summed E-state index contributed by atoms with van der Waals surface area (Å²) in [6.45, 7) is 8.63. The smallest absolute Gasteiger partial charge is 0.246 e. The minimum Gasteiger partial charge on any atom is -0.492 e. The van der Waals surface area contributed by atoms with Gasteiger partial charge in [0.25, 0.3) is 0 Å². The molecule has 0 aliphatic carbocycles. The number of benzene rings is 1. The van der Waals surface area contributed by atoms with Crippen LogP contribution in [0.5, 0.6) is 5.75 Å². The van der Waals surface area contributed by atoms with Gasteiger partial charge in [0.2, 0.25) is 15.9 Å². The second kappa shape index (κ2) is 7.11. The number of anilines is 1. The second-order valence-electron chi connectivity index (χ2n) is 6.91. The van der Waals surface area contributed by atoms with Crippen molar-refractivity contribution in [1.29, 1.82) is 0 Å². The number of hydrogen-bond acceptors (Lipinski definition) is 4. The molecule has 134 valence electrons. The Balaban J connectivity index is 2.40. The zero-order chi connectivity index (χ0) is 18.0. The lowest BCUT2D eigenvalue weighted by Crippen LogP contribution is -2.29. The molecule has 0 atom stereocenters. The quantitative estimate of drug-likeness (QED) is 0.882. The molecule has 0 unspecified atom stereocenters. The van der Waals surface area contributed by atoms with Crippen LogP contribution in [0.25, 0.3) is 0 Å². The lowest BCUT2D eigenvalue weighted by atomic mass is 9.95. The van der Waals surface area contributed by atoms with Gasteiger partial charge >= 0.3 is 0 Å². The van der Waals surface area contributed by atoms with Crippen LogP contribution in [0.15, 0.2) is 23.1 Å². The number of carbonyl (C=O) groups is 1. The largest absolute Gasteiger partial charge is 0.492 e. The number of nitrogens with one attached hydrogen (secondary N) is 1. The molecule has 7 heteroatoms. The number of nitrogens with zero attached hydrogens (tertiary/aromatic N) is 1. The van der Waals surface area contributed by atoms with Crippen LogP contribution < -0.4 is 10.1 Å². The molecular weight excluding hydrogens is 328 g/mol. The van der Waals surface area contributed by atoms with Crippen LogP contribution >= 0.6 is 0 Å². The molecule has 0 radical (unpaired) electrons. The summed E-state index contributed by atoms with van der Waals surface area (Å²) in [4.78, 5) is 12.3. The highest BCUT2D eigenvalue weighted by molar-refractivity contribution is 7.89. The molecule has 0 spiro atoms. The summed E-state index contributed by atoms with van der Waals surface area (Å²) < 4.78 is 32.8. The first-order valence-electron chi connectivity index (χ1n) is 8.24. The zero-order valence-corrected chi connectivity index (χ0v) is 15.6. The van der Waals surface area contributed by atoms with Crippen LogP contribution in [-0.4, -0.2) is 38.3 Å². The molecule has 1 aromatic carbocycles. The van der Waals surface area contributed by atoms with Crippen molar-refractivity contribution in [3.63, 3.8) is 0 Å². The van der Waals surface area contributed by atoms with Crippen LogP contribution in [0.1, 0.15) is 40.5 Å². The SMILES string of the molecule is CCOc1ccc(NC(=O)C(C)(C)C)cc1S(=O)(=O)N1CCCC1. The highest BCUT2D eigenvalue weighted by atomic mass is 32.2. The Morgan fingerprint density at radius 3 is 2.42 bits per heavy atom. The summed E-state index contributed by atoms with van der Waals surface area (Å²) in [6.07, 6.45) is 1.73. The fourth-order valence-electron chi connectivity index (χ4n) is 2.45. The van der Waals surface area contributed by atoms with Crippen molar-refractivity contribution >= 4 is 21.6 Å². The minimum atomic E-state index is -3.63. The van der Waals surface area contributed by atoms with Crippen LogP contribution in [0.3, 0.4) is 0 Å². The molecule has 1 aliphatic rings. The molecule has 2 rings (SSSR count). The fourth-order valence-corrected chi connectivity index (χ4v) is 4.12. The molecule has 1 fully saturated rings. The van der Waals surface area contributed by atoms with Crippen molar-refractivity contribution in [2.24, 2.45) is 5.41 Å². The Labute approximate surface area is 144 Å². The standard InChI is InChI=1S/C17H26N2O4S/c1-5-23-14-9-8-13(18-16(20)17(2,3)4)12-15(14)24(21,22)19-10-6-7-11-19/h8-9,12H,5-7,10-11H2,1-4H3,(H,18,20). The lowest BCUT2D eigenvalue weighted by molar-refractivity contribution is -0.123. The molecule has 1 saturated heterocycles. The summed E-state index contributed by atoms with van der Waals surface area (Å²) in [5.41, 5.74) is -0.108. The molecule has 1 amide bonds. The summed E-state index contributed by atoms with van der Waals surface area (Å²) in [5, 5.41) is 2.78. The fraction of sp³-hybridized carbons (Fsp3) is 0.588. The first-order chi connectivity index (χ1) is 11.2. The van der Waals surface area contributed by atoms with Crippen LogP contribution in [0, 0.1) is 5.41 Å². The number of ether oxygens (including phenoxy) is 1. The van der Waals surface area contributed by atoms with Gasteiger partial charge in [0.05, 0.1) is 6.61 Å². The van der Waals surface area contributed by atoms with Gasteiger partial charge in [-0.25, -0.2) is 8.42 Å². The molecule has 6 nitrogen and oxygen atoms in total. The monoisotopic (exact) mass is 354 g/mol. The van der Waals surface area contributed by atoms with E-state index in [1.165, 1.54) is 10.4 Å². The predicted octanol–water partition coefficient (Wildman–Crippen LogP) is 2.85. The Bertz CT molecular complexity index is 702. The molecule has 1 aromatic rings. The number of amides is 1. The van der Waals surface area contributed by atoms with E-state index >= 15 is 0 Å². The third-order valence-electron chi connectivity index (χ3n) is 3.87. The van der Waals surface area contributed by atoms with E-state index in [2.05, 4.69) is 5.32 Å². The minimum absolute atomic E-state index is 0.109. The molecule has 0 aromatic heterocycles. The van der Waals surface area contributed by atoms with E-state index in [1.54, 1.807) is 32.9 Å². The van der Waals surface area contributed by atoms with Gasteiger partial charge in [0.15, 0.2) is 0 Å². The van der Waals surface area contributed by atoms with Gasteiger partial charge in [-0.05, 0) is 38.0 Å². The van der Waals surface area contributed by atoms with Gasteiger partial charge in [0.1, 0.15) is 10.6 Å². The van der Waals surface area contributed by atoms with Crippen molar-refractivity contribution in [1.82, 2.24) is 4.31 Å². The Kier molecular flexibility index (Phi) is 5.55. The topological polar surface area (TPSA) is 75.7 Å². The first-order valence-corrected chi connectivity index (χ1v) is 9.68. The van der Waals surface area contributed by atoms with E-state index < -0.39 is 15.4 Å². The third kappa shape index (κ3) is 4.08. The van der Waals surface area contributed by atoms with Crippen LogP contribution in [0.4, 0.5) is 5.69 Å². The molecule has 1 N–H and O–H groups in total. The van der Waals surface area contributed by atoms with Crippen LogP contribution in [0.2, 0.25) is 0 Å². The summed E-state index contributed by atoms with van der Waals surface area (Å²) in [7, 11) is -3.63. The third-order valence-corrected chi connectivity index (χ3v) is 5.79. The summed E-state index contributed by atoms with van der Waals surface area (Å²) >= 11 is 0. The molecule has 1 heterocycles. The van der Waals surface area contributed by atoms with Crippen molar-refractivity contribution in [2.75, 3.05) is 25.0 Å². The van der Waals surface area contributed by atoms with Crippen molar-refractivity contribution < 1.29 is 17.9 Å². The summed E-state index contributed by atoms with van der Waals surface area (Å²) in [6, 6.07) is 4.75. The van der Waals surface area contributed by atoms with E-state index in [9.17, 15) is 13.2 Å². The highest BCUT2D eigenvalue weighted by Crippen LogP contribution is 2.32. The number of carbonyl (C=O) groups excluding carboxylic acids is 1. The van der Waals surface area contributed by atoms with Crippen molar-refractivity contribution in [3.8, 4) is 5.75 Å². The van der Waals surface area contributed by atoms with E-state index in [4.69, 9.17) is 4.74 Å². The van der Waals surface area contributed by atoms with Crippen molar-refractivity contribution in [3.05, 3.63) is 18.2 Å². The average molecular weight is 354 g/mol. The zero-order valence-electron chi connectivity index (χ0n) is 14.8. The summed E-state index contributed by atoms with van der Waals surface area (Å²) in [5.74, 6) is 0.148. The Morgan fingerprint density at radius 2 is 1.88 bits per heavy atom. The Hall–Kier alpha value is -1.60. The van der Waals surface area contributed by atoms with Gasteiger partial charge in [-0.3, -0.25) is 4.79 Å². The van der Waals surface area contributed by atoms with E-state index in [0.29, 0.717) is 31.1 Å². The van der Waals surface area contributed by atoms with E-state index in [0.717, 1.165) is 12.8 Å². The normalized spacial score (nSPS) is 16.2.